The number of benzene rings is 1. The molecular formula is C18H28O3. The van der Waals surface area contributed by atoms with Crippen molar-refractivity contribution in [3.05, 3.63) is 29.8 Å². The number of hydrogen-bond acceptors (Lipinski definition) is 3. The smallest absolute Gasteiger partial charge is 0.316 e. The monoisotopic (exact) mass is 292 g/mol. The quantitative estimate of drug-likeness (QED) is 0.846. The van der Waals surface area contributed by atoms with E-state index in [0.29, 0.717) is 6.42 Å². The van der Waals surface area contributed by atoms with E-state index < -0.39 is 5.41 Å². The van der Waals surface area contributed by atoms with Gasteiger partial charge in [0.05, 0.1) is 12.5 Å². The van der Waals surface area contributed by atoms with Crippen molar-refractivity contribution < 1.29 is 14.6 Å². The summed E-state index contributed by atoms with van der Waals surface area (Å²) in [7, 11) is 1.44. The van der Waals surface area contributed by atoms with Crippen LogP contribution in [0.15, 0.2) is 24.3 Å². The van der Waals surface area contributed by atoms with E-state index in [0.717, 1.165) is 5.56 Å². The molecule has 0 aromatic heterocycles. The van der Waals surface area contributed by atoms with Gasteiger partial charge in [-0.1, -0.05) is 53.7 Å². The van der Waals surface area contributed by atoms with Crippen LogP contribution in [0.2, 0.25) is 0 Å². The molecule has 0 spiro atoms. The van der Waals surface area contributed by atoms with Gasteiger partial charge in [0, 0.05) is 0 Å². The maximum Gasteiger partial charge on any atom is 0.316 e. The summed E-state index contributed by atoms with van der Waals surface area (Å²) in [5.74, 6) is -0.0298. The lowest BCUT2D eigenvalue weighted by Gasteiger charge is -2.46. The number of hydrogen-bond donors (Lipinski definition) is 1. The number of ether oxygens (including phenoxy) is 1. The number of phenolic OH excluding ortho intramolecular Hbond substituents is 1. The maximum atomic E-state index is 12.8. The van der Waals surface area contributed by atoms with Gasteiger partial charge in [-0.3, -0.25) is 4.79 Å². The Morgan fingerprint density at radius 2 is 1.52 bits per heavy atom. The first-order chi connectivity index (χ1) is 9.44. The van der Waals surface area contributed by atoms with E-state index in [1.54, 1.807) is 12.1 Å². The van der Waals surface area contributed by atoms with Crippen LogP contribution in [0.1, 0.15) is 53.5 Å². The van der Waals surface area contributed by atoms with Crippen molar-refractivity contribution in [1.82, 2.24) is 0 Å². The third-order valence-corrected chi connectivity index (χ3v) is 3.97. The molecule has 1 aromatic rings. The molecule has 21 heavy (non-hydrogen) atoms. The van der Waals surface area contributed by atoms with E-state index in [2.05, 4.69) is 41.5 Å². The van der Waals surface area contributed by atoms with Crippen LogP contribution in [-0.4, -0.2) is 18.2 Å². The second kappa shape index (κ2) is 5.70. The van der Waals surface area contributed by atoms with E-state index >= 15 is 0 Å². The summed E-state index contributed by atoms with van der Waals surface area (Å²) in [6, 6.07) is 6.90. The average molecular weight is 292 g/mol. The fraction of sp³-hybridized carbons (Fsp3) is 0.611. The van der Waals surface area contributed by atoms with Crippen LogP contribution in [0, 0.1) is 10.8 Å². The van der Waals surface area contributed by atoms with E-state index in [-0.39, 0.29) is 22.5 Å². The Morgan fingerprint density at radius 3 is 1.86 bits per heavy atom. The van der Waals surface area contributed by atoms with Crippen LogP contribution in [0.25, 0.3) is 0 Å². The lowest BCUT2D eigenvalue weighted by atomic mass is 9.57. The molecule has 0 amide bonds. The standard InChI is InChI=1S/C18H28O3/c1-16(2,3)12-18(15(20)21-7,17(4,5)6)13-8-10-14(19)11-9-13/h8-11,19H,12H2,1-7H3. The number of aromatic hydroxyl groups is 1. The lowest BCUT2D eigenvalue weighted by Crippen LogP contribution is -2.50. The fourth-order valence-corrected chi connectivity index (χ4v) is 3.01. The summed E-state index contributed by atoms with van der Waals surface area (Å²) in [6.45, 7) is 12.5. The minimum Gasteiger partial charge on any atom is -0.508 e. The van der Waals surface area contributed by atoms with Crippen molar-refractivity contribution >= 4 is 5.97 Å². The Balaban J connectivity index is 3.58. The number of carbonyl (C=O) groups excluding carboxylic acids is 1. The highest BCUT2D eigenvalue weighted by Gasteiger charge is 2.52. The molecule has 3 nitrogen and oxygen atoms in total. The third kappa shape index (κ3) is 3.58. The van der Waals surface area contributed by atoms with Crippen LogP contribution in [0.4, 0.5) is 0 Å². The molecule has 0 saturated carbocycles. The molecule has 118 valence electrons. The molecule has 0 aliphatic carbocycles. The van der Waals surface area contributed by atoms with Crippen molar-refractivity contribution in [3.63, 3.8) is 0 Å². The Kier molecular flexibility index (Phi) is 4.76. The van der Waals surface area contributed by atoms with Gasteiger partial charge in [-0.25, -0.2) is 0 Å². The van der Waals surface area contributed by atoms with Crippen LogP contribution >= 0.6 is 0 Å². The summed E-state index contributed by atoms with van der Waals surface area (Å²) in [6.07, 6.45) is 0.668. The van der Waals surface area contributed by atoms with Crippen molar-refractivity contribution in [1.29, 1.82) is 0 Å². The van der Waals surface area contributed by atoms with Crippen LogP contribution in [0.5, 0.6) is 5.75 Å². The fourth-order valence-electron chi connectivity index (χ4n) is 3.01. The van der Waals surface area contributed by atoms with Gasteiger partial charge >= 0.3 is 5.97 Å². The van der Waals surface area contributed by atoms with Gasteiger partial charge in [0.15, 0.2) is 0 Å². The van der Waals surface area contributed by atoms with Gasteiger partial charge in [0.1, 0.15) is 5.75 Å². The van der Waals surface area contributed by atoms with Gasteiger partial charge in [-0.15, -0.1) is 0 Å². The number of methoxy groups -OCH3 is 1. The van der Waals surface area contributed by atoms with E-state index in [1.165, 1.54) is 7.11 Å². The van der Waals surface area contributed by atoms with Crippen molar-refractivity contribution in [2.24, 2.45) is 10.8 Å². The Hall–Kier alpha value is -1.51. The van der Waals surface area contributed by atoms with Crippen LogP contribution in [0.3, 0.4) is 0 Å². The normalized spacial score (nSPS) is 15.4. The topological polar surface area (TPSA) is 46.5 Å². The first-order valence-corrected chi connectivity index (χ1v) is 7.32. The highest BCUT2D eigenvalue weighted by molar-refractivity contribution is 5.84. The molecule has 1 unspecified atom stereocenters. The number of rotatable bonds is 3. The largest absolute Gasteiger partial charge is 0.508 e. The molecule has 1 atom stereocenters. The summed E-state index contributed by atoms with van der Waals surface area (Å²) in [4.78, 5) is 12.8. The Bertz CT molecular complexity index is 489. The van der Waals surface area contributed by atoms with E-state index in [1.807, 2.05) is 12.1 Å². The molecular weight excluding hydrogens is 264 g/mol. The molecule has 0 aliphatic heterocycles. The van der Waals surface area contributed by atoms with Crippen molar-refractivity contribution in [2.75, 3.05) is 7.11 Å². The summed E-state index contributed by atoms with van der Waals surface area (Å²) < 4.78 is 5.17. The summed E-state index contributed by atoms with van der Waals surface area (Å²) >= 11 is 0. The second-order valence-electron chi connectivity index (χ2n) is 7.93. The summed E-state index contributed by atoms with van der Waals surface area (Å²) in [5, 5.41) is 9.54. The lowest BCUT2D eigenvalue weighted by molar-refractivity contribution is -0.154. The number of esters is 1. The number of phenols is 1. The predicted octanol–water partition coefficient (Wildman–Crippen LogP) is 4.29. The minimum absolute atomic E-state index is 0.0423. The zero-order chi connectivity index (χ0) is 16.5. The molecule has 0 saturated heterocycles. The molecule has 0 radical (unpaired) electrons. The number of carbonyl (C=O) groups is 1. The van der Waals surface area contributed by atoms with Crippen LogP contribution in [-0.2, 0) is 14.9 Å². The highest BCUT2D eigenvalue weighted by atomic mass is 16.5. The molecule has 3 heteroatoms. The highest BCUT2D eigenvalue weighted by Crippen LogP contribution is 2.49. The first kappa shape index (κ1) is 17.5. The molecule has 1 rings (SSSR count). The minimum atomic E-state index is -0.756. The molecule has 0 heterocycles. The SMILES string of the molecule is COC(=O)C(CC(C)(C)C)(c1ccc(O)cc1)C(C)(C)C. The van der Waals surface area contributed by atoms with Gasteiger partial charge in [-0.05, 0) is 34.9 Å². The van der Waals surface area contributed by atoms with Crippen LogP contribution < -0.4 is 0 Å². The zero-order valence-corrected chi connectivity index (χ0v) is 14.3. The van der Waals surface area contributed by atoms with Gasteiger partial charge in [-0.2, -0.15) is 0 Å². The average Bonchev–Trinajstić information content (AvgIpc) is 2.33. The zero-order valence-electron chi connectivity index (χ0n) is 14.3. The second-order valence-corrected chi connectivity index (χ2v) is 7.93. The third-order valence-electron chi connectivity index (χ3n) is 3.97. The van der Waals surface area contributed by atoms with Gasteiger partial charge in [0.2, 0.25) is 0 Å². The van der Waals surface area contributed by atoms with Crippen molar-refractivity contribution in [3.8, 4) is 5.75 Å². The molecule has 1 N–H and O–H groups in total. The first-order valence-electron chi connectivity index (χ1n) is 7.32. The molecule has 1 aromatic carbocycles. The molecule has 0 bridgehead atoms. The summed E-state index contributed by atoms with van der Waals surface area (Å²) in [5.41, 5.74) is -0.230. The Morgan fingerprint density at radius 1 is 1.05 bits per heavy atom. The van der Waals surface area contributed by atoms with Gasteiger partial charge < -0.3 is 9.84 Å². The molecule has 0 fully saturated rings. The van der Waals surface area contributed by atoms with E-state index in [9.17, 15) is 9.90 Å². The van der Waals surface area contributed by atoms with E-state index in [4.69, 9.17) is 4.74 Å². The van der Waals surface area contributed by atoms with Gasteiger partial charge in [0.25, 0.3) is 0 Å². The maximum absolute atomic E-state index is 12.8. The van der Waals surface area contributed by atoms with Crippen molar-refractivity contribution in [2.45, 2.75) is 53.4 Å². The predicted molar refractivity (Wildman–Crippen MR) is 85.3 cm³/mol. The Labute approximate surface area is 128 Å². The molecule has 0 aliphatic rings.